The largest absolute Gasteiger partial charge is 0.484 e. The maximum absolute atomic E-state index is 12.2. The quantitative estimate of drug-likeness (QED) is 0.891. The molecule has 0 aromatic heterocycles. The number of ether oxygens (including phenoxy) is 1. The van der Waals surface area contributed by atoms with Gasteiger partial charge in [0, 0.05) is 0 Å². The number of nitrogens with zero attached hydrogens (tertiary/aromatic N) is 1. The van der Waals surface area contributed by atoms with Gasteiger partial charge < -0.3 is 10.1 Å². The Morgan fingerprint density at radius 2 is 1.87 bits per heavy atom. The standard InChI is InChI=1S/C19H18N2O2/c20-12-14-6-10-17(11-7-14)23-13-18(22)21-19(16-8-9-16)15-4-2-1-3-5-15/h1-7,10-11,16,19H,8-9,13H2,(H,21,22)/t19-/m1/s1. The number of carbonyl (C=O) groups is 1. The number of hydrogen-bond donors (Lipinski definition) is 1. The van der Waals surface area contributed by atoms with Crippen LogP contribution < -0.4 is 10.1 Å². The zero-order valence-corrected chi connectivity index (χ0v) is 12.7. The van der Waals surface area contributed by atoms with Crippen molar-refractivity contribution in [2.45, 2.75) is 18.9 Å². The summed E-state index contributed by atoms with van der Waals surface area (Å²) in [5.74, 6) is 0.980. The highest BCUT2D eigenvalue weighted by molar-refractivity contribution is 5.78. The second kappa shape index (κ2) is 6.97. The van der Waals surface area contributed by atoms with Crippen LogP contribution in [-0.4, -0.2) is 12.5 Å². The second-order valence-corrected chi connectivity index (χ2v) is 5.72. The van der Waals surface area contributed by atoms with Crippen LogP contribution >= 0.6 is 0 Å². The molecule has 1 aliphatic carbocycles. The van der Waals surface area contributed by atoms with E-state index in [1.807, 2.05) is 36.4 Å². The first-order valence-electron chi connectivity index (χ1n) is 7.73. The van der Waals surface area contributed by atoms with Gasteiger partial charge in [0.05, 0.1) is 17.7 Å². The first-order chi connectivity index (χ1) is 11.3. The molecule has 2 aromatic rings. The van der Waals surface area contributed by atoms with E-state index in [4.69, 9.17) is 10.00 Å². The molecule has 1 N–H and O–H groups in total. The van der Waals surface area contributed by atoms with Gasteiger partial charge in [0.25, 0.3) is 5.91 Å². The van der Waals surface area contributed by atoms with Crippen molar-refractivity contribution in [3.8, 4) is 11.8 Å². The van der Waals surface area contributed by atoms with Crippen LogP contribution in [0, 0.1) is 17.2 Å². The average Bonchev–Trinajstić information content (AvgIpc) is 3.44. The Balaban J connectivity index is 1.56. The monoisotopic (exact) mass is 306 g/mol. The van der Waals surface area contributed by atoms with Crippen molar-refractivity contribution < 1.29 is 9.53 Å². The molecular weight excluding hydrogens is 288 g/mol. The molecule has 0 aliphatic heterocycles. The van der Waals surface area contributed by atoms with Gasteiger partial charge in [-0.2, -0.15) is 5.26 Å². The third-order valence-corrected chi connectivity index (χ3v) is 3.92. The van der Waals surface area contributed by atoms with Gasteiger partial charge in [0.15, 0.2) is 6.61 Å². The fraction of sp³-hybridized carbons (Fsp3) is 0.263. The molecule has 0 heterocycles. The van der Waals surface area contributed by atoms with Gasteiger partial charge in [-0.05, 0) is 48.6 Å². The van der Waals surface area contributed by atoms with Crippen molar-refractivity contribution >= 4 is 5.91 Å². The van der Waals surface area contributed by atoms with E-state index in [1.54, 1.807) is 24.3 Å². The maximum Gasteiger partial charge on any atom is 0.258 e. The van der Waals surface area contributed by atoms with Gasteiger partial charge in [-0.3, -0.25) is 4.79 Å². The molecule has 0 saturated heterocycles. The molecule has 1 atom stereocenters. The molecule has 4 nitrogen and oxygen atoms in total. The summed E-state index contributed by atoms with van der Waals surface area (Å²) in [5.41, 5.74) is 1.71. The molecule has 23 heavy (non-hydrogen) atoms. The molecule has 0 unspecified atom stereocenters. The van der Waals surface area contributed by atoms with E-state index < -0.39 is 0 Å². The third-order valence-electron chi connectivity index (χ3n) is 3.92. The summed E-state index contributed by atoms with van der Waals surface area (Å²) in [6, 6.07) is 18.9. The Morgan fingerprint density at radius 3 is 2.48 bits per heavy atom. The van der Waals surface area contributed by atoms with E-state index >= 15 is 0 Å². The predicted octanol–water partition coefficient (Wildman–Crippen LogP) is 3.20. The Bertz CT molecular complexity index is 700. The summed E-state index contributed by atoms with van der Waals surface area (Å²) in [5, 5.41) is 11.8. The van der Waals surface area contributed by atoms with E-state index in [-0.39, 0.29) is 18.6 Å². The summed E-state index contributed by atoms with van der Waals surface area (Å²) in [7, 11) is 0. The molecule has 0 bridgehead atoms. The lowest BCUT2D eigenvalue weighted by Crippen LogP contribution is -2.33. The number of carbonyl (C=O) groups excluding carboxylic acids is 1. The zero-order chi connectivity index (χ0) is 16.1. The van der Waals surface area contributed by atoms with Crippen LogP contribution in [0.5, 0.6) is 5.75 Å². The molecule has 1 amide bonds. The van der Waals surface area contributed by atoms with Crippen LogP contribution in [0.4, 0.5) is 0 Å². The second-order valence-electron chi connectivity index (χ2n) is 5.72. The Morgan fingerprint density at radius 1 is 1.17 bits per heavy atom. The maximum atomic E-state index is 12.2. The van der Waals surface area contributed by atoms with Crippen LogP contribution in [0.3, 0.4) is 0 Å². The van der Waals surface area contributed by atoms with Crippen molar-refractivity contribution in [3.63, 3.8) is 0 Å². The number of amides is 1. The summed E-state index contributed by atoms with van der Waals surface area (Å²) in [6.45, 7) is -0.0258. The summed E-state index contributed by atoms with van der Waals surface area (Å²) in [6.07, 6.45) is 2.30. The number of benzene rings is 2. The van der Waals surface area contributed by atoms with E-state index in [1.165, 1.54) is 0 Å². The normalized spacial score (nSPS) is 14.6. The SMILES string of the molecule is N#Cc1ccc(OCC(=O)N[C@H](c2ccccc2)C2CC2)cc1. The first kappa shape index (κ1) is 15.1. The minimum atomic E-state index is -0.130. The van der Waals surface area contributed by atoms with Gasteiger partial charge in [-0.15, -0.1) is 0 Å². The van der Waals surface area contributed by atoms with Crippen LogP contribution in [0.25, 0.3) is 0 Å². The van der Waals surface area contributed by atoms with Gasteiger partial charge in [0.1, 0.15) is 5.75 Å². The minimum absolute atomic E-state index is 0.0258. The minimum Gasteiger partial charge on any atom is -0.484 e. The smallest absolute Gasteiger partial charge is 0.258 e. The number of rotatable bonds is 6. The highest BCUT2D eigenvalue weighted by Gasteiger charge is 2.33. The van der Waals surface area contributed by atoms with Crippen LogP contribution in [0.1, 0.15) is 30.0 Å². The van der Waals surface area contributed by atoms with Crippen molar-refractivity contribution in [1.29, 1.82) is 5.26 Å². The van der Waals surface area contributed by atoms with E-state index in [2.05, 4.69) is 5.32 Å². The van der Waals surface area contributed by atoms with Gasteiger partial charge in [-0.1, -0.05) is 30.3 Å². The average molecular weight is 306 g/mol. The van der Waals surface area contributed by atoms with Crippen molar-refractivity contribution in [2.24, 2.45) is 5.92 Å². The number of hydrogen-bond acceptors (Lipinski definition) is 3. The van der Waals surface area contributed by atoms with Crippen molar-refractivity contribution in [3.05, 3.63) is 65.7 Å². The van der Waals surface area contributed by atoms with Crippen LogP contribution in [-0.2, 0) is 4.79 Å². The molecule has 1 aliphatic rings. The number of nitriles is 1. The van der Waals surface area contributed by atoms with Gasteiger partial charge in [0.2, 0.25) is 0 Å². The predicted molar refractivity (Wildman–Crippen MR) is 86.7 cm³/mol. The van der Waals surface area contributed by atoms with Crippen LogP contribution in [0.2, 0.25) is 0 Å². The summed E-state index contributed by atoms with van der Waals surface area (Å²) in [4.78, 5) is 12.2. The molecule has 1 saturated carbocycles. The zero-order valence-electron chi connectivity index (χ0n) is 12.7. The lowest BCUT2D eigenvalue weighted by atomic mass is 10.0. The highest BCUT2D eigenvalue weighted by atomic mass is 16.5. The molecule has 1 fully saturated rings. The molecule has 0 radical (unpaired) electrons. The molecular formula is C19H18N2O2. The topological polar surface area (TPSA) is 62.1 Å². The molecule has 4 heteroatoms. The Hall–Kier alpha value is -2.80. The van der Waals surface area contributed by atoms with Gasteiger partial charge >= 0.3 is 0 Å². The fourth-order valence-electron chi connectivity index (χ4n) is 2.55. The Labute approximate surface area is 135 Å². The van der Waals surface area contributed by atoms with E-state index in [0.717, 1.165) is 18.4 Å². The number of nitrogens with one attached hydrogen (secondary N) is 1. The van der Waals surface area contributed by atoms with Crippen LogP contribution in [0.15, 0.2) is 54.6 Å². The highest BCUT2D eigenvalue weighted by Crippen LogP contribution is 2.40. The Kier molecular flexibility index (Phi) is 4.58. The lowest BCUT2D eigenvalue weighted by molar-refractivity contribution is -0.124. The van der Waals surface area contributed by atoms with Crippen molar-refractivity contribution in [1.82, 2.24) is 5.32 Å². The molecule has 3 rings (SSSR count). The third kappa shape index (κ3) is 4.10. The summed E-state index contributed by atoms with van der Waals surface area (Å²) >= 11 is 0. The van der Waals surface area contributed by atoms with Gasteiger partial charge in [-0.25, -0.2) is 0 Å². The first-order valence-corrected chi connectivity index (χ1v) is 7.73. The molecule has 116 valence electrons. The van der Waals surface area contributed by atoms with E-state index in [9.17, 15) is 4.79 Å². The lowest BCUT2D eigenvalue weighted by Gasteiger charge is -2.19. The fourth-order valence-corrected chi connectivity index (χ4v) is 2.55. The van der Waals surface area contributed by atoms with E-state index in [0.29, 0.717) is 17.2 Å². The van der Waals surface area contributed by atoms with Crippen molar-refractivity contribution in [2.75, 3.05) is 6.61 Å². The molecule has 2 aromatic carbocycles. The summed E-state index contributed by atoms with van der Waals surface area (Å²) < 4.78 is 5.48. The molecule has 0 spiro atoms.